The van der Waals surface area contributed by atoms with E-state index in [2.05, 4.69) is 10.5 Å². The van der Waals surface area contributed by atoms with Crippen molar-refractivity contribution >= 4 is 5.91 Å². The first-order valence-corrected chi connectivity index (χ1v) is 5.88. The van der Waals surface area contributed by atoms with Gasteiger partial charge in [0.1, 0.15) is 0 Å². The number of ether oxygens (including phenoxy) is 1. The molecule has 2 heterocycles. The molecular weight excluding hydrogens is 220 g/mol. The van der Waals surface area contributed by atoms with Gasteiger partial charge in [0.05, 0.1) is 18.3 Å². The molecule has 1 aliphatic rings. The number of nitrogens with zero attached hydrogens (tertiary/aromatic N) is 1. The molecule has 2 rings (SSSR count). The van der Waals surface area contributed by atoms with E-state index in [0.717, 1.165) is 12.8 Å². The Balaban J connectivity index is 1.83. The zero-order valence-corrected chi connectivity index (χ0v) is 10.2. The summed E-state index contributed by atoms with van der Waals surface area (Å²) in [6, 6.07) is 1.74. The van der Waals surface area contributed by atoms with E-state index in [0.29, 0.717) is 18.9 Å². The van der Waals surface area contributed by atoms with Crippen LogP contribution in [0.15, 0.2) is 16.8 Å². The van der Waals surface area contributed by atoms with E-state index in [1.165, 1.54) is 0 Å². The van der Waals surface area contributed by atoms with Crippen LogP contribution in [0.25, 0.3) is 0 Å². The number of hydrogen-bond donors (Lipinski definition) is 1. The molecule has 0 bridgehead atoms. The fourth-order valence-electron chi connectivity index (χ4n) is 2.11. The highest BCUT2D eigenvalue weighted by atomic mass is 16.5. The summed E-state index contributed by atoms with van der Waals surface area (Å²) in [5.74, 6) is 0.768. The van der Waals surface area contributed by atoms with Gasteiger partial charge in [-0.2, -0.15) is 0 Å². The predicted octanol–water partition coefficient (Wildman–Crippen LogP) is 1.50. The quantitative estimate of drug-likeness (QED) is 0.866. The highest BCUT2D eigenvalue weighted by molar-refractivity contribution is 5.78. The van der Waals surface area contributed by atoms with Crippen LogP contribution in [0.1, 0.15) is 32.4 Å². The number of amides is 1. The summed E-state index contributed by atoms with van der Waals surface area (Å²) in [5, 5.41) is 6.45. The van der Waals surface area contributed by atoms with Crippen molar-refractivity contribution in [1.29, 1.82) is 0 Å². The van der Waals surface area contributed by atoms with Crippen molar-refractivity contribution in [2.45, 2.75) is 38.8 Å². The Labute approximate surface area is 101 Å². The van der Waals surface area contributed by atoms with Crippen molar-refractivity contribution in [3.8, 4) is 0 Å². The van der Waals surface area contributed by atoms with Gasteiger partial charge in [0, 0.05) is 18.6 Å². The smallest absolute Gasteiger partial charge is 0.223 e. The first-order chi connectivity index (χ1) is 8.07. The number of aromatic nitrogens is 1. The first-order valence-electron chi connectivity index (χ1n) is 5.88. The molecule has 17 heavy (non-hydrogen) atoms. The van der Waals surface area contributed by atoms with Crippen molar-refractivity contribution in [2.75, 3.05) is 6.61 Å². The second-order valence-electron chi connectivity index (χ2n) is 4.99. The minimum absolute atomic E-state index is 0.0293. The molecule has 1 atom stereocenters. The van der Waals surface area contributed by atoms with Crippen molar-refractivity contribution in [2.24, 2.45) is 5.92 Å². The normalized spacial score (nSPS) is 23.3. The molecule has 0 saturated carbocycles. The molecule has 1 aromatic heterocycles. The van der Waals surface area contributed by atoms with E-state index in [4.69, 9.17) is 9.26 Å². The molecule has 1 aliphatic heterocycles. The average molecular weight is 238 g/mol. The van der Waals surface area contributed by atoms with Gasteiger partial charge >= 0.3 is 0 Å². The first kappa shape index (κ1) is 12.1. The molecule has 94 valence electrons. The third kappa shape index (κ3) is 3.30. The van der Waals surface area contributed by atoms with Crippen LogP contribution in [0.3, 0.4) is 0 Å². The van der Waals surface area contributed by atoms with Crippen LogP contribution in [0.4, 0.5) is 0 Å². The third-order valence-corrected chi connectivity index (χ3v) is 3.00. The maximum atomic E-state index is 12.0. The Hall–Kier alpha value is -1.36. The van der Waals surface area contributed by atoms with Crippen molar-refractivity contribution in [3.63, 3.8) is 0 Å². The Morgan fingerprint density at radius 3 is 3.12 bits per heavy atom. The molecule has 1 fully saturated rings. The van der Waals surface area contributed by atoms with E-state index in [1.54, 1.807) is 12.3 Å². The van der Waals surface area contributed by atoms with E-state index >= 15 is 0 Å². The lowest BCUT2D eigenvalue weighted by Gasteiger charge is -2.34. The molecule has 1 amide bonds. The summed E-state index contributed by atoms with van der Waals surface area (Å²) in [5.41, 5.74) is -0.202. The average Bonchev–Trinajstić information content (AvgIpc) is 2.77. The number of nitrogens with one attached hydrogen (secondary N) is 1. The number of carbonyl (C=O) groups excluding carboxylic acids is 1. The van der Waals surface area contributed by atoms with Gasteiger partial charge in [0.15, 0.2) is 5.76 Å². The lowest BCUT2D eigenvalue weighted by atomic mass is 9.88. The van der Waals surface area contributed by atoms with Gasteiger partial charge in [0.25, 0.3) is 0 Å². The standard InChI is InChI=1S/C12H18N2O3/c1-12(2)7-9(4-6-16-12)11(15)13-8-10-3-5-14-17-10/h3,5,9H,4,6-8H2,1-2H3,(H,13,15). The molecule has 0 aliphatic carbocycles. The van der Waals surface area contributed by atoms with E-state index in [9.17, 15) is 4.79 Å². The van der Waals surface area contributed by atoms with Crippen molar-refractivity contribution < 1.29 is 14.1 Å². The van der Waals surface area contributed by atoms with Crippen molar-refractivity contribution in [3.05, 3.63) is 18.0 Å². The van der Waals surface area contributed by atoms with Gasteiger partial charge in [0.2, 0.25) is 5.91 Å². The van der Waals surface area contributed by atoms with Gasteiger partial charge in [-0.05, 0) is 26.7 Å². The van der Waals surface area contributed by atoms with E-state index in [-0.39, 0.29) is 17.4 Å². The maximum absolute atomic E-state index is 12.0. The Morgan fingerprint density at radius 2 is 2.47 bits per heavy atom. The van der Waals surface area contributed by atoms with Gasteiger partial charge in [-0.1, -0.05) is 5.16 Å². The van der Waals surface area contributed by atoms with Gasteiger partial charge in [-0.15, -0.1) is 0 Å². The molecule has 0 radical (unpaired) electrons. The fourth-order valence-corrected chi connectivity index (χ4v) is 2.11. The largest absolute Gasteiger partial charge is 0.376 e. The topological polar surface area (TPSA) is 64.4 Å². The van der Waals surface area contributed by atoms with Gasteiger partial charge in [-0.25, -0.2) is 0 Å². The van der Waals surface area contributed by atoms with Crippen LogP contribution in [0.5, 0.6) is 0 Å². The SMILES string of the molecule is CC1(C)CC(C(=O)NCc2ccno2)CCO1. The van der Waals surface area contributed by atoms with E-state index < -0.39 is 0 Å². The van der Waals surface area contributed by atoms with Gasteiger partial charge in [-0.3, -0.25) is 4.79 Å². The van der Waals surface area contributed by atoms with Crippen LogP contribution < -0.4 is 5.32 Å². The molecule has 0 spiro atoms. The Kier molecular flexibility index (Phi) is 3.47. The summed E-state index contributed by atoms with van der Waals surface area (Å²) in [4.78, 5) is 12.0. The zero-order valence-electron chi connectivity index (χ0n) is 10.2. The van der Waals surface area contributed by atoms with Crippen LogP contribution in [-0.2, 0) is 16.1 Å². The van der Waals surface area contributed by atoms with E-state index in [1.807, 2.05) is 13.8 Å². The van der Waals surface area contributed by atoms with Crippen molar-refractivity contribution in [1.82, 2.24) is 10.5 Å². The van der Waals surface area contributed by atoms with Gasteiger partial charge < -0.3 is 14.6 Å². The number of hydrogen-bond acceptors (Lipinski definition) is 4. The molecule has 1 N–H and O–H groups in total. The van der Waals surface area contributed by atoms with Crippen LogP contribution in [0, 0.1) is 5.92 Å². The monoisotopic (exact) mass is 238 g/mol. The summed E-state index contributed by atoms with van der Waals surface area (Å²) < 4.78 is 10.5. The Bertz CT molecular complexity index is 373. The fraction of sp³-hybridized carbons (Fsp3) is 0.667. The summed E-state index contributed by atoms with van der Waals surface area (Å²) >= 11 is 0. The lowest BCUT2D eigenvalue weighted by molar-refractivity contribution is -0.135. The molecule has 5 nitrogen and oxygen atoms in total. The molecule has 1 unspecified atom stereocenters. The molecular formula is C12H18N2O3. The predicted molar refractivity (Wildman–Crippen MR) is 61.1 cm³/mol. The molecule has 5 heteroatoms. The maximum Gasteiger partial charge on any atom is 0.223 e. The second-order valence-corrected chi connectivity index (χ2v) is 4.99. The Morgan fingerprint density at radius 1 is 1.65 bits per heavy atom. The van der Waals surface area contributed by atoms with Crippen LogP contribution in [0.2, 0.25) is 0 Å². The van der Waals surface area contributed by atoms with Crippen LogP contribution >= 0.6 is 0 Å². The molecule has 0 aromatic carbocycles. The second kappa shape index (κ2) is 4.87. The summed E-state index contributed by atoms with van der Waals surface area (Å²) in [6.07, 6.45) is 3.11. The highest BCUT2D eigenvalue weighted by Gasteiger charge is 2.32. The minimum atomic E-state index is -0.202. The number of rotatable bonds is 3. The number of carbonyl (C=O) groups is 1. The highest BCUT2D eigenvalue weighted by Crippen LogP contribution is 2.28. The third-order valence-electron chi connectivity index (χ3n) is 3.00. The molecule has 1 saturated heterocycles. The van der Waals surface area contributed by atoms with Crippen LogP contribution in [-0.4, -0.2) is 23.3 Å². The lowest BCUT2D eigenvalue weighted by Crippen LogP contribution is -2.41. The summed E-state index contributed by atoms with van der Waals surface area (Å²) in [6.45, 7) is 5.08. The summed E-state index contributed by atoms with van der Waals surface area (Å²) in [7, 11) is 0. The zero-order chi connectivity index (χ0) is 12.3. The molecule has 1 aromatic rings. The minimum Gasteiger partial charge on any atom is -0.376 e.